The summed E-state index contributed by atoms with van der Waals surface area (Å²) in [7, 11) is 0. The summed E-state index contributed by atoms with van der Waals surface area (Å²) in [5.41, 5.74) is 2.34. The minimum Gasteiger partial charge on any atom is -0.299 e. The van der Waals surface area contributed by atoms with E-state index in [-0.39, 0.29) is 0 Å². The predicted octanol–water partition coefficient (Wildman–Crippen LogP) is 3.96. The largest absolute Gasteiger partial charge is 0.299 e. The fourth-order valence-electron chi connectivity index (χ4n) is 1.23. The molecule has 0 aliphatic heterocycles. The lowest BCUT2D eigenvalue weighted by molar-refractivity contribution is -0.104. The summed E-state index contributed by atoms with van der Waals surface area (Å²) in [5, 5.41) is 0. The molecule has 0 aromatic heterocycles. The summed E-state index contributed by atoms with van der Waals surface area (Å²) >= 11 is 0. The minimum absolute atomic E-state index is 0.760. The summed E-state index contributed by atoms with van der Waals surface area (Å²) in [6.07, 6.45) is 13.8. The average Bonchev–Trinajstić information content (AvgIpc) is 2.37. The summed E-state index contributed by atoms with van der Waals surface area (Å²) in [6, 6.07) is 10.2. The summed E-state index contributed by atoms with van der Waals surface area (Å²) in [5.74, 6) is 0. The van der Waals surface area contributed by atoms with Crippen molar-refractivity contribution in [3.05, 3.63) is 77.9 Å². The Bertz CT molecular complexity index is 448. The third-order valence-electron chi connectivity index (χ3n) is 2.11. The lowest BCUT2D eigenvalue weighted by Crippen LogP contribution is -1.70. The van der Waals surface area contributed by atoms with Crippen molar-refractivity contribution in [1.29, 1.82) is 0 Å². The fraction of sp³-hybridized carbons (Fsp3) is 0.0625. The molecule has 0 saturated carbocycles. The first-order valence-electron chi connectivity index (χ1n) is 5.51. The summed E-state index contributed by atoms with van der Waals surface area (Å²) in [6.45, 7) is 2.03. The van der Waals surface area contributed by atoms with E-state index in [1.165, 1.54) is 11.6 Å². The molecule has 1 aromatic carbocycles. The highest BCUT2D eigenvalue weighted by Crippen LogP contribution is 2.04. The van der Waals surface area contributed by atoms with Crippen molar-refractivity contribution < 1.29 is 4.79 Å². The van der Waals surface area contributed by atoms with Crippen LogP contribution in [0.3, 0.4) is 0 Å². The van der Waals surface area contributed by atoms with E-state index in [4.69, 9.17) is 0 Å². The zero-order chi connectivity index (χ0) is 12.3. The molecule has 0 aliphatic carbocycles. The molecular formula is C16H16O. The Kier molecular flexibility index (Phi) is 6.12. The highest BCUT2D eigenvalue weighted by atomic mass is 16.1. The Morgan fingerprint density at radius 3 is 2.41 bits per heavy atom. The van der Waals surface area contributed by atoms with Crippen LogP contribution in [-0.4, -0.2) is 6.29 Å². The average molecular weight is 224 g/mol. The van der Waals surface area contributed by atoms with Gasteiger partial charge in [-0.15, -0.1) is 0 Å². The van der Waals surface area contributed by atoms with Crippen molar-refractivity contribution in [1.82, 2.24) is 0 Å². The van der Waals surface area contributed by atoms with Gasteiger partial charge in [0.25, 0.3) is 0 Å². The molecule has 0 amide bonds. The van der Waals surface area contributed by atoms with E-state index in [0.717, 1.165) is 11.9 Å². The third-order valence-corrected chi connectivity index (χ3v) is 2.11. The maximum Gasteiger partial charge on any atom is 0.142 e. The van der Waals surface area contributed by atoms with Gasteiger partial charge < -0.3 is 0 Å². The standard InChI is InChI=1S/C16H16O/c1-15(9-5-2-3-8-14-17)12-13-16-10-6-4-7-11-16/h2-14H,1H3/b5-2+,8-3+,13-12+,15-9+. The number of allylic oxidation sites excluding steroid dienone is 7. The number of rotatable bonds is 5. The summed E-state index contributed by atoms with van der Waals surface area (Å²) in [4.78, 5) is 10.0. The lowest BCUT2D eigenvalue weighted by atomic mass is 10.1. The van der Waals surface area contributed by atoms with Gasteiger partial charge in [0.15, 0.2) is 0 Å². The molecule has 1 rings (SSSR count). The van der Waals surface area contributed by atoms with E-state index in [2.05, 4.69) is 24.3 Å². The van der Waals surface area contributed by atoms with Gasteiger partial charge in [-0.1, -0.05) is 72.4 Å². The lowest BCUT2D eigenvalue weighted by Gasteiger charge is -1.91. The first-order valence-corrected chi connectivity index (χ1v) is 5.51. The van der Waals surface area contributed by atoms with Crippen LogP contribution in [0.5, 0.6) is 0 Å². The van der Waals surface area contributed by atoms with Gasteiger partial charge in [0, 0.05) is 0 Å². The summed E-state index contributed by atoms with van der Waals surface area (Å²) < 4.78 is 0. The molecule has 0 radical (unpaired) electrons. The zero-order valence-electron chi connectivity index (χ0n) is 9.91. The Labute approximate surface area is 102 Å². The molecule has 1 nitrogen and oxygen atoms in total. The van der Waals surface area contributed by atoms with Crippen molar-refractivity contribution in [2.24, 2.45) is 0 Å². The Morgan fingerprint density at radius 2 is 1.71 bits per heavy atom. The SMILES string of the molecule is CC(/C=C/c1ccccc1)=C\C=C\C=C\C=O. The third kappa shape index (κ3) is 6.10. The second kappa shape index (κ2) is 8.05. The van der Waals surface area contributed by atoms with Crippen LogP contribution in [0.4, 0.5) is 0 Å². The number of carbonyl (C=O) groups excluding carboxylic acids is 1. The molecule has 1 heteroatoms. The molecule has 0 aliphatic rings. The minimum atomic E-state index is 0.760. The van der Waals surface area contributed by atoms with Gasteiger partial charge in [-0.2, -0.15) is 0 Å². The van der Waals surface area contributed by atoms with E-state index in [0.29, 0.717) is 0 Å². The van der Waals surface area contributed by atoms with Crippen molar-refractivity contribution in [3.8, 4) is 0 Å². The molecular weight excluding hydrogens is 208 g/mol. The maximum atomic E-state index is 10.0. The van der Waals surface area contributed by atoms with Gasteiger partial charge in [-0.3, -0.25) is 4.79 Å². The van der Waals surface area contributed by atoms with Crippen molar-refractivity contribution in [2.45, 2.75) is 6.92 Å². The van der Waals surface area contributed by atoms with E-state index in [9.17, 15) is 4.79 Å². The van der Waals surface area contributed by atoms with Gasteiger partial charge in [0.1, 0.15) is 6.29 Å². The Hall–Kier alpha value is -2.15. The van der Waals surface area contributed by atoms with E-state index in [1.54, 1.807) is 6.08 Å². The van der Waals surface area contributed by atoms with Gasteiger partial charge in [-0.25, -0.2) is 0 Å². The van der Waals surface area contributed by atoms with E-state index in [1.807, 2.05) is 43.4 Å². The van der Waals surface area contributed by atoms with Crippen molar-refractivity contribution in [2.75, 3.05) is 0 Å². The second-order valence-corrected chi connectivity index (χ2v) is 3.56. The molecule has 86 valence electrons. The molecule has 1 aromatic rings. The quantitative estimate of drug-likeness (QED) is 0.420. The van der Waals surface area contributed by atoms with Crippen molar-refractivity contribution in [3.63, 3.8) is 0 Å². The first kappa shape index (κ1) is 12.9. The molecule has 0 bridgehead atoms. The van der Waals surface area contributed by atoms with Crippen LogP contribution < -0.4 is 0 Å². The van der Waals surface area contributed by atoms with Gasteiger partial charge in [-0.05, 0) is 18.6 Å². The number of carbonyl (C=O) groups is 1. The fourth-order valence-corrected chi connectivity index (χ4v) is 1.23. The smallest absolute Gasteiger partial charge is 0.142 e. The zero-order valence-corrected chi connectivity index (χ0v) is 9.91. The number of benzene rings is 1. The van der Waals surface area contributed by atoms with Crippen LogP contribution in [0.15, 0.2) is 72.4 Å². The van der Waals surface area contributed by atoms with Crippen LogP contribution >= 0.6 is 0 Å². The molecule has 0 N–H and O–H groups in total. The van der Waals surface area contributed by atoms with Crippen LogP contribution in [-0.2, 0) is 4.79 Å². The van der Waals surface area contributed by atoms with Crippen LogP contribution in [0, 0.1) is 0 Å². The number of hydrogen-bond donors (Lipinski definition) is 0. The van der Waals surface area contributed by atoms with Crippen LogP contribution in [0.2, 0.25) is 0 Å². The highest BCUT2D eigenvalue weighted by molar-refractivity contribution is 5.65. The maximum absolute atomic E-state index is 10.0. The predicted molar refractivity (Wildman–Crippen MR) is 73.6 cm³/mol. The Balaban J connectivity index is 2.54. The molecule has 0 atom stereocenters. The highest BCUT2D eigenvalue weighted by Gasteiger charge is 1.83. The molecule has 0 fully saturated rings. The molecule has 17 heavy (non-hydrogen) atoms. The van der Waals surface area contributed by atoms with E-state index < -0.39 is 0 Å². The van der Waals surface area contributed by atoms with Gasteiger partial charge in [0.2, 0.25) is 0 Å². The molecule has 0 heterocycles. The first-order chi connectivity index (χ1) is 8.33. The van der Waals surface area contributed by atoms with Crippen LogP contribution in [0.1, 0.15) is 12.5 Å². The van der Waals surface area contributed by atoms with Crippen LogP contribution in [0.25, 0.3) is 6.08 Å². The second-order valence-electron chi connectivity index (χ2n) is 3.56. The number of hydrogen-bond acceptors (Lipinski definition) is 1. The van der Waals surface area contributed by atoms with Gasteiger partial charge in [0.05, 0.1) is 0 Å². The topological polar surface area (TPSA) is 17.1 Å². The van der Waals surface area contributed by atoms with Gasteiger partial charge >= 0.3 is 0 Å². The number of aldehydes is 1. The Morgan fingerprint density at radius 1 is 1.00 bits per heavy atom. The monoisotopic (exact) mass is 224 g/mol. The molecule has 0 unspecified atom stereocenters. The molecule has 0 spiro atoms. The normalized spacial score (nSPS) is 12.9. The molecule has 0 saturated heterocycles. The van der Waals surface area contributed by atoms with E-state index >= 15 is 0 Å². The van der Waals surface area contributed by atoms with Crippen molar-refractivity contribution >= 4 is 12.4 Å².